The quantitative estimate of drug-likeness (QED) is 0.626. The Kier molecular flexibility index (Phi) is 5.39. The van der Waals surface area contributed by atoms with Crippen LogP contribution in [-0.4, -0.2) is 17.6 Å². The second kappa shape index (κ2) is 7.89. The molecule has 3 rings (SSSR count). The highest BCUT2D eigenvalue weighted by atomic mass is 16.4. The molecule has 5 heteroatoms. The molecule has 0 spiro atoms. The lowest BCUT2D eigenvalue weighted by Gasteiger charge is -2.15. The van der Waals surface area contributed by atoms with Gasteiger partial charge in [-0.2, -0.15) is 0 Å². The summed E-state index contributed by atoms with van der Waals surface area (Å²) in [7, 11) is 0. The van der Waals surface area contributed by atoms with Crippen LogP contribution in [0, 0.1) is 13.8 Å². The highest BCUT2D eigenvalue weighted by Crippen LogP contribution is 2.25. The molecule has 1 amide bonds. The summed E-state index contributed by atoms with van der Waals surface area (Å²) in [6.07, 6.45) is 0.608. The fraction of sp³-hybridized carbons (Fsp3) is 0.190. The third-order valence-electron chi connectivity index (χ3n) is 4.37. The number of hydrogen-bond donors (Lipinski definition) is 3. The van der Waals surface area contributed by atoms with Gasteiger partial charge in [0.15, 0.2) is 0 Å². The first-order valence-corrected chi connectivity index (χ1v) is 8.48. The van der Waals surface area contributed by atoms with Crippen molar-refractivity contribution in [1.29, 1.82) is 0 Å². The molecule has 0 fully saturated rings. The lowest BCUT2D eigenvalue weighted by molar-refractivity contribution is 0.0902. The molecule has 0 aliphatic carbocycles. The zero-order valence-corrected chi connectivity index (χ0v) is 14.8. The molecule has 1 heterocycles. The summed E-state index contributed by atoms with van der Waals surface area (Å²) in [5, 5.41) is 16.1. The van der Waals surface area contributed by atoms with Crippen LogP contribution in [0.1, 0.15) is 33.3 Å². The SMILES string of the molecule is Cc1cccc(Nc2ccccc2C(=O)NCC(O)c2ccco2)c1C. The maximum Gasteiger partial charge on any atom is 0.253 e. The van der Waals surface area contributed by atoms with Crippen molar-refractivity contribution in [3.63, 3.8) is 0 Å². The van der Waals surface area contributed by atoms with Crippen molar-refractivity contribution in [3.05, 3.63) is 83.3 Å². The number of para-hydroxylation sites is 1. The van der Waals surface area contributed by atoms with Crippen molar-refractivity contribution in [2.75, 3.05) is 11.9 Å². The molecule has 1 aromatic heterocycles. The minimum atomic E-state index is -0.881. The van der Waals surface area contributed by atoms with Crippen LogP contribution in [0.4, 0.5) is 11.4 Å². The average molecular weight is 350 g/mol. The third kappa shape index (κ3) is 3.95. The van der Waals surface area contributed by atoms with E-state index in [-0.39, 0.29) is 12.5 Å². The number of benzene rings is 2. The van der Waals surface area contributed by atoms with Gasteiger partial charge < -0.3 is 20.2 Å². The van der Waals surface area contributed by atoms with Crippen LogP contribution in [0.2, 0.25) is 0 Å². The monoisotopic (exact) mass is 350 g/mol. The molecule has 0 saturated carbocycles. The maximum atomic E-state index is 12.6. The number of rotatable bonds is 6. The summed E-state index contributed by atoms with van der Waals surface area (Å²) in [4.78, 5) is 12.6. The van der Waals surface area contributed by atoms with Gasteiger partial charge in [0.05, 0.1) is 24.1 Å². The van der Waals surface area contributed by atoms with Gasteiger partial charge in [-0.05, 0) is 55.3 Å². The number of furan rings is 1. The first-order valence-electron chi connectivity index (χ1n) is 8.48. The van der Waals surface area contributed by atoms with E-state index >= 15 is 0 Å². The Morgan fingerprint density at radius 2 is 1.81 bits per heavy atom. The van der Waals surface area contributed by atoms with Gasteiger partial charge in [-0.3, -0.25) is 4.79 Å². The highest BCUT2D eigenvalue weighted by molar-refractivity contribution is 6.00. The number of nitrogens with one attached hydrogen (secondary N) is 2. The maximum absolute atomic E-state index is 12.6. The van der Waals surface area contributed by atoms with Crippen molar-refractivity contribution in [2.45, 2.75) is 20.0 Å². The lowest BCUT2D eigenvalue weighted by atomic mass is 10.1. The molecular formula is C21H22N2O3. The zero-order valence-electron chi connectivity index (χ0n) is 14.8. The summed E-state index contributed by atoms with van der Waals surface area (Å²) < 4.78 is 5.15. The van der Waals surface area contributed by atoms with Crippen LogP contribution < -0.4 is 10.6 Å². The van der Waals surface area contributed by atoms with Gasteiger partial charge in [0.1, 0.15) is 11.9 Å². The molecule has 3 N–H and O–H groups in total. The molecule has 0 radical (unpaired) electrons. The standard InChI is InChI=1S/C21H22N2O3/c1-14-7-5-10-17(15(14)2)23-18-9-4-3-8-16(18)21(25)22-13-19(24)20-11-6-12-26-20/h3-12,19,23-24H,13H2,1-2H3,(H,22,25). The van der Waals surface area contributed by atoms with Gasteiger partial charge in [-0.25, -0.2) is 0 Å². The first kappa shape index (κ1) is 17.8. The van der Waals surface area contributed by atoms with Crippen LogP contribution in [0.3, 0.4) is 0 Å². The molecule has 5 nitrogen and oxygen atoms in total. The molecule has 1 unspecified atom stereocenters. The molecule has 0 aliphatic heterocycles. The van der Waals surface area contributed by atoms with Gasteiger partial charge in [0.2, 0.25) is 0 Å². The van der Waals surface area contributed by atoms with Crippen molar-refractivity contribution in [1.82, 2.24) is 5.32 Å². The molecule has 0 saturated heterocycles. The van der Waals surface area contributed by atoms with Gasteiger partial charge >= 0.3 is 0 Å². The first-order chi connectivity index (χ1) is 12.6. The summed E-state index contributed by atoms with van der Waals surface area (Å²) in [5.41, 5.74) is 4.50. The Hall–Kier alpha value is -3.05. The third-order valence-corrected chi connectivity index (χ3v) is 4.37. The summed E-state index contributed by atoms with van der Waals surface area (Å²) in [5.74, 6) is 0.163. The molecule has 26 heavy (non-hydrogen) atoms. The largest absolute Gasteiger partial charge is 0.467 e. The summed E-state index contributed by atoms with van der Waals surface area (Å²) in [6, 6.07) is 16.7. The van der Waals surface area contributed by atoms with Gasteiger partial charge in [-0.1, -0.05) is 24.3 Å². The Bertz CT molecular complexity index is 888. The number of hydrogen-bond acceptors (Lipinski definition) is 4. The normalized spacial score (nSPS) is 11.8. The van der Waals surface area contributed by atoms with Crippen molar-refractivity contribution < 1.29 is 14.3 Å². The number of aryl methyl sites for hydroxylation is 1. The Morgan fingerprint density at radius 1 is 1.04 bits per heavy atom. The molecule has 0 aliphatic rings. The Balaban J connectivity index is 1.74. The molecular weight excluding hydrogens is 328 g/mol. The van der Waals surface area contributed by atoms with Crippen LogP contribution >= 0.6 is 0 Å². The van der Waals surface area contributed by atoms with E-state index in [2.05, 4.69) is 23.6 Å². The van der Waals surface area contributed by atoms with E-state index in [0.717, 1.165) is 11.3 Å². The van der Waals surface area contributed by atoms with E-state index in [1.54, 1.807) is 18.2 Å². The van der Waals surface area contributed by atoms with E-state index in [9.17, 15) is 9.90 Å². The minimum absolute atomic E-state index is 0.0736. The van der Waals surface area contributed by atoms with Crippen molar-refractivity contribution >= 4 is 17.3 Å². The predicted molar refractivity (Wildman–Crippen MR) is 102 cm³/mol. The number of carbonyl (C=O) groups excluding carboxylic acids is 1. The molecule has 2 aromatic carbocycles. The van der Waals surface area contributed by atoms with Gasteiger partial charge in [0, 0.05) is 5.69 Å². The van der Waals surface area contributed by atoms with E-state index in [4.69, 9.17) is 4.42 Å². The predicted octanol–water partition coefficient (Wildman–Crippen LogP) is 4.10. The zero-order chi connectivity index (χ0) is 18.5. The Labute approximate surface area is 152 Å². The number of aliphatic hydroxyl groups is 1. The van der Waals surface area contributed by atoms with E-state index in [1.807, 2.05) is 37.3 Å². The van der Waals surface area contributed by atoms with E-state index in [0.29, 0.717) is 17.0 Å². The van der Waals surface area contributed by atoms with E-state index in [1.165, 1.54) is 11.8 Å². The second-order valence-electron chi connectivity index (χ2n) is 6.16. The fourth-order valence-electron chi connectivity index (χ4n) is 2.69. The molecule has 0 bridgehead atoms. The summed E-state index contributed by atoms with van der Waals surface area (Å²) >= 11 is 0. The minimum Gasteiger partial charge on any atom is -0.467 e. The number of anilines is 2. The Morgan fingerprint density at radius 3 is 2.58 bits per heavy atom. The van der Waals surface area contributed by atoms with Crippen molar-refractivity contribution in [2.24, 2.45) is 0 Å². The highest BCUT2D eigenvalue weighted by Gasteiger charge is 2.15. The van der Waals surface area contributed by atoms with Crippen molar-refractivity contribution in [3.8, 4) is 0 Å². The van der Waals surface area contributed by atoms with Crippen LogP contribution in [0.25, 0.3) is 0 Å². The van der Waals surface area contributed by atoms with Crippen LogP contribution in [-0.2, 0) is 0 Å². The number of carbonyl (C=O) groups is 1. The lowest BCUT2D eigenvalue weighted by Crippen LogP contribution is -2.28. The average Bonchev–Trinajstić information content (AvgIpc) is 3.18. The topological polar surface area (TPSA) is 74.5 Å². The summed E-state index contributed by atoms with van der Waals surface area (Å²) in [6.45, 7) is 4.17. The van der Waals surface area contributed by atoms with Crippen LogP contribution in [0.5, 0.6) is 0 Å². The molecule has 1 atom stereocenters. The van der Waals surface area contributed by atoms with Crippen LogP contribution in [0.15, 0.2) is 65.3 Å². The van der Waals surface area contributed by atoms with E-state index < -0.39 is 6.10 Å². The molecule has 3 aromatic rings. The number of amides is 1. The molecule has 134 valence electrons. The van der Waals surface area contributed by atoms with Gasteiger partial charge in [-0.15, -0.1) is 0 Å². The number of aliphatic hydroxyl groups excluding tert-OH is 1. The van der Waals surface area contributed by atoms with Gasteiger partial charge in [0.25, 0.3) is 5.91 Å². The smallest absolute Gasteiger partial charge is 0.253 e. The fourth-order valence-corrected chi connectivity index (χ4v) is 2.69. The second-order valence-corrected chi connectivity index (χ2v) is 6.16.